The molecule has 0 fully saturated rings. The second-order valence-corrected chi connectivity index (χ2v) is 9.71. The Bertz CT molecular complexity index is 1610. The first-order valence-corrected chi connectivity index (χ1v) is 13.2. The second kappa shape index (κ2) is 12.5. The lowest BCUT2D eigenvalue weighted by Crippen LogP contribution is -2.22. The molecule has 0 unspecified atom stereocenters. The van der Waals surface area contributed by atoms with E-state index in [2.05, 4.69) is 32.6 Å². The quantitative estimate of drug-likeness (QED) is 0.170. The van der Waals surface area contributed by atoms with Gasteiger partial charge in [-0.25, -0.2) is 9.78 Å². The monoisotopic (exact) mass is 589 g/mol. The van der Waals surface area contributed by atoms with Gasteiger partial charge in [0.2, 0.25) is 0 Å². The van der Waals surface area contributed by atoms with Crippen LogP contribution >= 0.6 is 15.9 Å². The smallest absolute Gasteiger partial charge is 0.335 e. The van der Waals surface area contributed by atoms with E-state index < -0.39 is 5.97 Å². The van der Waals surface area contributed by atoms with E-state index in [0.29, 0.717) is 46.6 Å². The van der Waals surface area contributed by atoms with Crippen LogP contribution in [0.15, 0.2) is 81.6 Å². The maximum absolute atomic E-state index is 13.3. The van der Waals surface area contributed by atoms with Gasteiger partial charge >= 0.3 is 5.97 Å². The molecule has 0 amide bonds. The standard InChI is InChI=1S/C30H28BrN3O5/c1-4-6-22-14-20(15-26(38-3)28(22)39-18-19-8-10-21(11-9-19)30(36)37)17-32-34-27(7-5-2)33-25-13-12-23(31)16-24(25)29(34)35/h4,8-17H,1,5-7,18H2,2-3H3,(H,36,37). The number of fused-ring (bicyclic) bond motifs is 1. The molecule has 1 heterocycles. The lowest BCUT2D eigenvalue weighted by Gasteiger charge is -2.16. The highest BCUT2D eigenvalue weighted by Crippen LogP contribution is 2.34. The SMILES string of the molecule is C=CCc1cc(C=Nn2c(CCC)nc3ccc(Br)cc3c2=O)cc(OC)c1OCc1ccc(C(=O)O)cc1. The molecule has 0 saturated carbocycles. The minimum atomic E-state index is -0.980. The van der Waals surface area contributed by atoms with Crippen LogP contribution in [0.3, 0.4) is 0 Å². The number of carboxylic acid groups (broad SMARTS) is 1. The van der Waals surface area contributed by atoms with Crippen molar-refractivity contribution in [2.24, 2.45) is 5.10 Å². The van der Waals surface area contributed by atoms with Gasteiger partial charge in [0.15, 0.2) is 11.5 Å². The highest BCUT2D eigenvalue weighted by Gasteiger charge is 2.14. The Morgan fingerprint density at radius 1 is 1.18 bits per heavy atom. The Morgan fingerprint density at radius 3 is 2.62 bits per heavy atom. The Balaban J connectivity index is 1.69. The lowest BCUT2D eigenvalue weighted by molar-refractivity contribution is 0.0697. The molecule has 1 aromatic heterocycles. The minimum Gasteiger partial charge on any atom is -0.493 e. The van der Waals surface area contributed by atoms with Gasteiger partial charge in [0.1, 0.15) is 12.4 Å². The molecule has 0 radical (unpaired) electrons. The van der Waals surface area contributed by atoms with Gasteiger partial charge in [0, 0.05) is 16.5 Å². The Morgan fingerprint density at radius 2 is 1.95 bits per heavy atom. The van der Waals surface area contributed by atoms with E-state index in [0.717, 1.165) is 22.0 Å². The summed E-state index contributed by atoms with van der Waals surface area (Å²) >= 11 is 3.43. The summed E-state index contributed by atoms with van der Waals surface area (Å²) < 4.78 is 13.9. The average molecular weight is 590 g/mol. The van der Waals surface area contributed by atoms with E-state index in [9.17, 15) is 9.59 Å². The molecule has 200 valence electrons. The number of carboxylic acids is 1. The zero-order valence-electron chi connectivity index (χ0n) is 21.7. The van der Waals surface area contributed by atoms with Crippen LogP contribution in [0.5, 0.6) is 11.5 Å². The number of benzene rings is 3. The van der Waals surface area contributed by atoms with Crippen molar-refractivity contribution < 1.29 is 19.4 Å². The Labute approximate surface area is 234 Å². The van der Waals surface area contributed by atoms with E-state index in [4.69, 9.17) is 14.6 Å². The second-order valence-electron chi connectivity index (χ2n) is 8.80. The van der Waals surface area contributed by atoms with E-state index in [1.807, 2.05) is 25.1 Å². The van der Waals surface area contributed by atoms with Gasteiger partial charge in [-0.05, 0) is 66.4 Å². The summed E-state index contributed by atoms with van der Waals surface area (Å²) in [4.78, 5) is 29.1. The number of hydrogen-bond donors (Lipinski definition) is 1. The van der Waals surface area contributed by atoms with Crippen molar-refractivity contribution in [1.29, 1.82) is 0 Å². The van der Waals surface area contributed by atoms with Crippen molar-refractivity contribution in [3.05, 3.63) is 110 Å². The largest absolute Gasteiger partial charge is 0.493 e. The summed E-state index contributed by atoms with van der Waals surface area (Å²) in [5, 5.41) is 14.1. The topological polar surface area (TPSA) is 103 Å². The predicted octanol–water partition coefficient (Wildman–Crippen LogP) is 6.01. The van der Waals surface area contributed by atoms with Gasteiger partial charge in [-0.15, -0.1) is 6.58 Å². The van der Waals surface area contributed by atoms with Crippen LogP contribution in [0, 0.1) is 0 Å². The third kappa shape index (κ3) is 6.43. The molecule has 0 aliphatic heterocycles. The summed E-state index contributed by atoms with van der Waals surface area (Å²) in [5.41, 5.74) is 2.96. The molecular formula is C30H28BrN3O5. The van der Waals surface area contributed by atoms with Crippen LogP contribution in [0.25, 0.3) is 10.9 Å². The number of rotatable bonds is 11. The molecule has 0 atom stereocenters. The number of aromatic carboxylic acids is 1. The van der Waals surface area contributed by atoms with Crippen molar-refractivity contribution in [2.45, 2.75) is 32.8 Å². The molecule has 9 heteroatoms. The third-order valence-corrected chi connectivity index (χ3v) is 6.49. The number of aryl methyl sites for hydroxylation is 1. The first-order valence-electron chi connectivity index (χ1n) is 12.4. The predicted molar refractivity (Wildman–Crippen MR) is 155 cm³/mol. The number of methoxy groups -OCH3 is 1. The molecule has 0 bridgehead atoms. The zero-order chi connectivity index (χ0) is 27.9. The normalized spacial score (nSPS) is 11.2. The van der Waals surface area contributed by atoms with E-state index in [1.54, 1.807) is 43.7 Å². The summed E-state index contributed by atoms with van der Waals surface area (Å²) in [6.45, 7) is 6.11. The summed E-state index contributed by atoms with van der Waals surface area (Å²) in [5.74, 6) is 0.657. The molecule has 3 aromatic carbocycles. The van der Waals surface area contributed by atoms with Crippen LogP contribution in [-0.4, -0.2) is 34.1 Å². The van der Waals surface area contributed by atoms with Gasteiger partial charge in [-0.1, -0.05) is 41.1 Å². The molecule has 1 N–H and O–H groups in total. The highest BCUT2D eigenvalue weighted by atomic mass is 79.9. The molecule has 4 aromatic rings. The van der Waals surface area contributed by atoms with Crippen LogP contribution in [0.1, 0.15) is 46.2 Å². The van der Waals surface area contributed by atoms with Gasteiger partial charge in [-0.3, -0.25) is 4.79 Å². The maximum Gasteiger partial charge on any atom is 0.335 e. The fraction of sp³-hybridized carbons (Fsp3) is 0.200. The Hall–Kier alpha value is -4.24. The van der Waals surface area contributed by atoms with Crippen molar-refractivity contribution in [3.8, 4) is 11.5 Å². The van der Waals surface area contributed by atoms with E-state index >= 15 is 0 Å². The molecule has 0 aliphatic carbocycles. The fourth-order valence-corrected chi connectivity index (χ4v) is 4.46. The highest BCUT2D eigenvalue weighted by molar-refractivity contribution is 9.10. The summed E-state index contributed by atoms with van der Waals surface area (Å²) in [7, 11) is 1.55. The molecule has 4 rings (SSSR count). The van der Waals surface area contributed by atoms with Gasteiger partial charge in [0.25, 0.3) is 5.56 Å². The molecule has 39 heavy (non-hydrogen) atoms. The van der Waals surface area contributed by atoms with Crippen LogP contribution in [-0.2, 0) is 19.4 Å². The van der Waals surface area contributed by atoms with Crippen molar-refractivity contribution in [2.75, 3.05) is 7.11 Å². The number of nitrogens with zero attached hydrogens (tertiary/aromatic N) is 3. The van der Waals surface area contributed by atoms with E-state index in [1.165, 1.54) is 16.8 Å². The molecular weight excluding hydrogens is 562 g/mol. The number of carbonyl (C=O) groups is 1. The molecule has 0 saturated heterocycles. The number of allylic oxidation sites excluding steroid dienone is 1. The minimum absolute atomic E-state index is 0.211. The summed E-state index contributed by atoms with van der Waals surface area (Å²) in [6, 6.07) is 15.6. The van der Waals surface area contributed by atoms with Crippen molar-refractivity contribution in [3.63, 3.8) is 0 Å². The van der Waals surface area contributed by atoms with E-state index in [-0.39, 0.29) is 17.7 Å². The number of ether oxygens (including phenoxy) is 2. The van der Waals surface area contributed by atoms with Crippen molar-refractivity contribution in [1.82, 2.24) is 9.66 Å². The maximum atomic E-state index is 13.3. The molecule has 8 nitrogen and oxygen atoms in total. The summed E-state index contributed by atoms with van der Waals surface area (Å²) in [6.07, 6.45) is 5.29. The average Bonchev–Trinajstić information content (AvgIpc) is 2.93. The third-order valence-electron chi connectivity index (χ3n) is 5.99. The van der Waals surface area contributed by atoms with Gasteiger partial charge in [-0.2, -0.15) is 9.78 Å². The van der Waals surface area contributed by atoms with Crippen LogP contribution in [0.4, 0.5) is 0 Å². The van der Waals surface area contributed by atoms with Gasteiger partial charge < -0.3 is 14.6 Å². The van der Waals surface area contributed by atoms with Gasteiger partial charge in [0.05, 0.1) is 29.8 Å². The zero-order valence-corrected chi connectivity index (χ0v) is 23.3. The van der Waals surface area contributed by atoms with Crippen LogP contribution < -0.4 is 15.0 Å². The molecule has 0 aliphatic rings. The fourth-order valence-electron chi connectivity index (χ4n) is 4.10. The first-order chi connectivity index (χ1) is 18.8. The number of aromatic nitrogens is 2. The van der Waals surface area contributed by atoms with Crippen molar-refractivity contribution >= 4 is 39.0 Å². The first kappa shape index (κ1) is 27.8. The molecule has 0 spiro atoms. The van der Waals surface area contributed by atoms with Crippen LogP contribution in [0.2, 0.25) is 0 Å². The number of hydrogen-bond acceptors (Lipinski definition) is 6. The number of halogens is 1. The lowest BCUT2D eigenvalue weighted by atomic mass is 10.1. The Kier molecular flexibility index (Phi) is 8.93.